The molecule has 0 unspecified atom stereocenters. The van der Waals surface area contributed by atoms with Gasteiger partial charge in [-0.3, -0.25) is 14.9 Å². The van der Waals surface area contributed by atoms with Crippen molar-refractivity contribution in [1.82, 2.24) is 5.32 Å². The summed E-state index contributed by atoms with van der Waals surface area (Å²) in [5, 5.41) is 12.9. The summed E-state index contributed by atoms with van der Waals surface area (Å²) in [5.41, 5.74) is -0.0797. The van der Waals surface area contributed by atoms with Crippen LogP contribution in [-0.4, -0.2) is 22.8 Å². The molecule has 0 aliphatic carbocycles. The molecule has 1 aromatic rings. The van der Waals surface area contributed by atoms with Gasteiger partial charge in [0.15, 0.2) is 0 Å². The maximum Gasteiger partial charge on any atom is 0.334 e. The molecule has 1 aromatic carbocycles. The zero-order valence-electron chi connectivity index (χ0n) is 9.29. The van der Waals surface area contributed by atoms with E-state index >= 15 is 0 Å². The number of esters is 1. The van der Waals surface area contributed by atoms with Crippen LogP contribution in [0.2, 0.25) is 0 Å². The third-order valence-corrected chi connectivity index (χ3v) is 2.55. The van der Waals surface area contributed by atoms with Crippen molar-refractivity contribution in [2.75, 3.05) is 0 Å². The Morgan fingerprint density at radius 2 is 2.06 bits per heavy atom. The third kappa shape index (κ3) is 2.62. The van der Waals surface area contributed by atoms with Crippen LogP contribution in [0, 0.1) is 10.1 Å². The fraction of sp³-hybridized carbons (Fsp3) is 0.273. The van der Waals surface area contributed by atoms with Gasteiger partial charge in [0.05, 0.1) is 4.92 Å². The Bertz CT molecular complexity index is 497. The minimum absolute atomic E-state index is 0.0797. The molecule has 0 radical (unpaired) electrons. The molecule has 0 saturated carbocycles. The van der Waals surface area contributed by atoms with Crippen LogP contribution in [0.5, 0.6) is 5.75 Å². The molecule has 7 nitrogen and oxygen atoms in total. The second-order valence-electron chi connectivity index (χ2n) is 3.83. The number of carbonyl (C=O) groups is 2. The number of benzene rings is 1. The highest BCUT2D eigenvalue weighted by Gasteiger charge is 2.28. The number of nitrogens with zero attached hydrogens (tertiary/aromatic N) is 1. The van der Waals surface area contributed by atoms with Gasteiger partial charge in [0.25, 0.3) is 5.69 Å². The molecule has 7 heteroatoms. The van der Waals surface area contributed by atoms with Gasteiger partial charge in [-0.15, -0.1) is 0 Å². The lowest BCUT2D eigenvalue weighted by molar-refractivity contribution is -0.384. The first-order valence-electron chi connectivity index (χ1n) is 5.32. The maximum absolute atomic E-state index is 11.6. The van der Waals surface area contributed by atoms with Gasteiger partial charge in [0.1, 0.15) is 11.8 Å². The van der Waals surface area contributed by atoms with E-state index in [1.165, 1.54) is 24.3 Å². The summed E-state index contributed by atoms with van der Waals surface area (Å²) in [7, 11) is 0. The standard InChI is InChI=1S/C11H10N2O5/c14-10-6-5-9(12-10)11(15)18-8-3-1-7(2-4-8)13(16)17/h1-4,9H,5-6H2,(H,12,14)/t9-/m0/s1. The molecule has 1 saturated heterocycles. The first-order chi connectivity index (χ1) is 8.56. The lowest BCUT2D eigenvalue weighted by Crippen LogP contribution is -2.36. The molecule has 0 bridgehead atoms. The molecule has 1 aliphatic heterocycles. The number of nitro benzene ring substituents is 1. The Hall–Kier alpha value is -2.44. The largest absolute Gasteiger partial charge is 0.425 e. The Labute approximate surface area is 102 Å². The van der Waals surface area contributed by atoms with Crippen molar-refractivity contribution in [2.24, 2.45) is 0 Å². The van der Waals surface area contributed by atoms with Crippen LogP contribution >= 0.6 is 0 Å². The van der Waals surface area contributed by atoms with Crippen molar-refractivity contribution in [3.8, 4) is 5.75 Å². The van der Waals surface area contributed by atoms with Crippen LogP contribution in [-0.2, 0) is 9.59 Å². The van der Waals surface area contributed by atoms with Crippen molar-refractivity contribution >= 4 is 17.6 Å². The third-order valence-electron chi connectivity index (χ3n) is 2.55. The summed E-state index contributed by atoms with van der Waals surface area (Å²) in [6, 6.07) is 4.54. The zero-order valence-corrected chi connectivity index (χ0v) is 9.29. The SMILES string of the molecule is O=C1CC[C@@H](C(=O)Oc2ccc([N+](=O)[O-])cc2)N1. The molecule has 1 N–H and O–H groups in total. The number of hydrogen-bond acceptors (Lipinski definition) is 5. The van der Waals surface area contributed by atoms with E-state index in [-0.39, 0.29) is 17.3 Å². The fourth-order valence-electron chi connectivity index (χ4n) is 1.61. The van der Waals surface area contributed by atoms with E-state index in [2.05, 4.69) is 5.32 Å². The number of nitro groups is 1. The molecular weight excluding hydrogens is 240 g/mol. The van der Waals surface area contributed by atoms with E-state index in [4.69, 9.17) is 4.74 Å². The molecular formula is C11H10N2O5. The molecule has 1 fully saturated rings. The van der Waals surface area contributed by atoms with E-state index < -0.39 is 16.9 Å². The second kappa shape index (κ2) is 4.82. The molecule has 1 amide bonds. The highest BCUT2D eigenvalue weighted by molar-refractivity contribution is 5.88. The van der Waals surface area contributed by atoms with Crippen molar-refractivity contribution < 1.29 is 19.2 Å². The van der Waals surface area contributed by atoms with E-state index in [9.17, 15) is 19.7 Å². The highest BCUT2D eigenvalue weighted by atomic mass is 16.6. The van der Waals surface area contributed by atoms with Gasteiger partial charge in [0.2, 0.25) is 5.91 Å². The van der Waals surface area contributed by atoms with Gasteiger partial charge >= 0.3 is 5.97 Å². The Kier molecular flexibility index (Phi) is 3.22. The van der Waals surface area contributed by atoms with Gasteiger partial charge in [-0.1, -0.05) is 0 Å². The van der Waals surface area contributed by atoms with Crippen LogP contribution in [0.25, 0.3) is 0 Å². The van der Waals surface area contributed by atoms with Crippen LogP contribution < -0.4 is 10.1 Å². The number of hydrogen-bond donors (Lipinski definition) is 1. The lowest BCUT2D eigenvalue weighted by atomic mass is 10.2. The summed E-state index contributed by atoms with van der Waals surface area (Å²) in [6.07, 6.45) is 0.713. The predicted molar refractivity (Wildman–Crippen MR) is 59.9 cm³/mol. The van der Waals surface area contributed by atoms with Crippen LogP contribution in [0.4, 0.5) is 5.69 Å². The molecule has 94 valence electrons. The quantitative estimate of drug-likeness (QED) is 0.370. The molecule has 2 rings (SSSR count). The summed E-state index contributed by atoms with van der Waals surface area (Å²) >= 11 is 0. The average Bonchev–Trinajstić information content (AvgIpc) is 2.76. The monoisotopic (exact) mass is 250 g/mol. The second-order valence-corrected chi connectivity index (χ2v) is 3.83. The first kappa shape index (κ1) is 12.0. The fourth-order valence-corrected chi connectivity index (χ4v) is 1.61. The number of nitrogens with one attached hydrogen (secondary N) is 1. The van der Waals surface area contributed by atoms with E-state index in [1.54, 1.807) is 0 Å². The normalized spacial score (nSPS) is 18.2. The number of amides is 1. The van der Waals surface area contributed by atoms with E-state index in [0.29, 0.717) is 12.8 Å². The van der Waals surface area contributed by atoms with Crippen molar-refractivity contribution in [2.45, 2.75) is 18.9 Å². The number of ether oxygens (including phenoxy) is 1. The molecule has 1 heterocycles. The van der Waals surface area contributed by atoms with E-state index in [1.807, 2.05) is 0 Å². The van der Waals surface area contributed by atoms with E-state index in [0.717, 1.165) is 0 Å². The molecule has 0 aromatic heterocycles. The molecule has 1 aliphatic rings. The molecule has 18 heavy (non-hydrogen) atoms. The van der Waals surface area contributed by atoms with Crippen LogP contribution in [0.15, 0.2) is 24.3 Å². The topological polar surface area (TPSA) is 98.5 Å². The average molecular weight is 250 g/mol. The van der Waals surface area contributed by atoms with Gasteiger partial charge in [-0.2, -0.15) is 0 Å². The smallest absolute Gasteiger partial charge is 0.334 e. The number of carbonyl (C=O) groups excluding carboxylic acids is 2. The Balaban J connectivity index is 1.99. The first-order valence-corrected chi connectivity index (χ1v) is 5.32. The molecule has 1 atom stereocenters. The zero-order chi connectivity index (χ0) is 13.1. The van der Waals surface area contributed by atoms with Gasteiger partial charge in [0, 0.05) is 18.6 Å². The number of rotatable bonds is 3. The van der Waals surface area contributed by atoms with Crippen molar-refractivity contribution in [3.05, 3.63) is 34.4 Å². The highest BCUT2D eigenvalue weighted by Crippen LogP contribution is 2.18. The van der Waals surface area contributed by atoms with Crippen molar-refractivity contribution in [3.63, 3.8) is 0 Å². The summed E-state index contributed by atoms with van der Waals surface area (Å²) in [6.45, 7) is 0. The van der Waals surface area contributed by atoms with Gasteiger partial charge in [-0.05, 0) is 18.6 Å². The maximum atomic E-state index is 11.6. The van der Waals surface area contributed by atoms with Gasteiger partial charge in [-0.25, -0.2) is 4.79 Å². The predicted octanol–water partition coefficient (Wildman–Crippen LogP) is 0.779. The Morgan fingerprint density at radius 3 is 2.56 bits per heavy atom. The molecule has 0 spiro atoms. The summed E-state index contributed by atoms with van der Waals surface area (Å²) in [5.74, 6) is -0.526. The summed E-state index contributed by atoms with van der Waals surface area (Å²) < 4.78 is 5.01. The number of non-ortho nitro benzene ring substituents is 1. The van der Waals surface area contributed by atoms with Crippen LogP contribution in [0.1, 0.15) is 12.8 Å². The minimum Gasteiger partial charge on any atom is -0.425 e. The van der Waals surface area contributed by atoms with Gasteiger partial charge < -0.3 is 10.1 Å². The summed E-state index contributed by atoms with van der Waals surface area (Å²) in [4.78, 5) is 32.4. The van der Waals surface area contributed by atoms with Crippen molar-refractivity contribution in [1.29, 1.82) is 0 Å². The van der Waals surface area contributed by atoms with Crippen LogP contribution in [0.3, 0.4) is 0 Å². The Morgan fingerprint density at radius 1 is 1.39 bits per heavy atom. The minimum atomic E-state index is -0.632. The lowest BCUT2D eigenvalue weighted by Gasteiger charge is -2.09.